The number of methoxy groups -OCH3 is 1. The Labute approximate surface area is 315 Å². The summed E-state index contributed by atoms with van der Waals surface area (Å²) in [4.78, 5) is 38.2. The van der Waals surface area contributed by atoms with Crippen LogP contribution in [-0.4, -0.2) is 96.6 Å². The molecule has 12 nitrogen and oxygen atoms in total. The maximum Gasteiger partial charge on any atom is 0.425 e. The minimum atomic E-state index is -5.04. The van der Waals surface area contributed by atoms with Crippen molar-refractivity contribution in [3.63, 3.8) is 0 Å². The summed E-state index contributed by atoms with van der Waals surface area (Å²) in [5.41, 5.74) is -3.31. The Hall–Kier alpha value is -4.23. The molecule has 4 atom stereocenters. The van der Waals surface area contributed by atoms with Crippen LogP contribution in [0.15, 0.2) is 47.7 Å². The normalized spacial score (nSPS) is 20.5. The van der Waals surface area contributed by atoms with Crippen molar-refractivity contribution in [2.24, 2.45) is 0 Å². The SMILES string of the molecule is COc1ccc(Cn2ncc(O[C@@H](C)CO[C@H]3CCN([C@@H]4CCN(c5ncc(C(F)(F)F)cn5)C[C@H]4O[Si](C)(C)C(C)(C)C)C3=O)c(C(F)(F)F)c2=O)cc1. The number of carbonyl (C=O) groups excluding carboxylic acids is 1. The number of halogens is 6. The largest absolute Gasteiger partial charge is 0.497 e. The van der Waals surface area contributed by atoms with E-state index in [1.54, 1.807) is 34.1 Å². The molecule has 1 aromatic carbocycles. The second-order valence-electron chi connectivity index (χ2n) is 15.3. The third-order valence-corrected chi connectivity index (χ3v) is 14.8. The fraction of sp³-hybridized carbons (Fsp3) is 0.583. The second-order valence-corrected chi connectivity index (χ2v) is 20.0. The predicted octanol–water partition coefficient (Wildman–Crippen LogP) is 6.18. The predicted molar refractivity (Wildman–Crippen MR) is 191 cm³/mol. The Morgan fingerprint density at radius 2 is 1.58 bits per heavy atom. The van der Waals surface area contributed by atoms with Gasteiger partial charge in [0.2, 0.25) is 5.95 Å². The number of anilines is 1. The van der Waals surface area contributed by atoms with Gasteiger partial charge < -0.3 is 28.4 Å². The smallest absolute Gasteiger partial charge is 0.425 e. The Balaban J connectivity index is 1.25. The van der Waals surface area contributed by atoms with Gasteiger partial charge in [0.25, 0.3) is 11.5 Å². The summed E-state index contributed by atoms with van der Waals surface area (Å²) in [7, 11) is -0.946. The zero-order valence-electron chi connectivity index (χ0n) is 31.7. The monoisotopic (exact) mass is 800 g/mol. The first-order valence-corrected chi connectivity index (χ1v) is 20.7. The van der Waals surface area contributed by atoms with Crippen LogP contribution in [0.1, 0.15) is 57.2 Å². The van der Waals surface area contributed by atoms with Crippen LogP contribution in [0.5, 0.6) is 11.5 Å². The summed E-state index contributed by atoms with van der Waals surface area (Å²) < 4.78 is 106. The number of ether oxygens (including phenoxy) is 3. The Bertz CT molecular complexity index is 1850. The minimum Gasteiger partial charge on any atom is -0.497 e. The molecule has 2 aliphatic heterocycles. The van der Waals surface area contributed by atoms with Crippen molar-refractivity contribution in [2.45, 2.75) is 102 Å². The standard InChI is InChI=1S/C36H46F6N6O6Si/c1-22(53-28-18-45-48(32(50)30(28)36(40,41)42)19-23-8-10-25(51-5)11-9-23)21-52-27-13-15-47(31(27)49)26-12-14-46(20-29(26)54-55(6,7)34(2,3)4)33-43-16-24(17-44-33)35(37,38)39/h8-11,16-18,22,26-27,29H,12-15,19-21H2,1-7H3/t22-,26+,27-,29+/m0/s1. The van der Waals surface area contributed by atoms with E-state index >= 15 is 0 Å². The van der Waals surface area contributed by atoms with Crippen LogP contribution in [0.25, 0.3) is 0 Å². The number of rotatable bonds is 12. The van der Waals surface area contributed by atoms with Gasteiger partial charge >= 0.3 is 12.4 Å². The Morgan fingerprint density at radius 1 is 0.927 bits per heavy atom. The maximum atomic E-state index is 14.2. The fourth-order valence-corrected chi connectivity index (χ4v) is 7.59. The van der Waals surface area contributed by atoms with E-state index in [4.69, 9.17) is 18.6 Å². The van der Waals surface area contributed by atoms with Crippen molar-refractivity contribution in [1.82, 2.24) is 24.6 Å². The van der Waals surface area contributed by atoms with E-state index in [2.05, 4.69) is 48.9 Å². The molecule has 3 aromatic rings. The van der Waals surface area contributed by atoms with Gasteiger partial charge in [0.05, 0.1) is 44.2 Å². The van der Waals surface area contributed by atoms with E-state index in [9.17, 15) is 35.9 Å². The van der Waals surface area contributed by atoms with Gasteiger partial charge in [-0.3, -0.25) is 9.59 Å². The summed E-state index contributed by atoms with van der Waals surface area (Å²) in [6.07, 6.45) is -9.00. The molecule has 0 radical (unpaired) electrons. The number of nitrogens with zero attached hydrogens (tertiary/aromatic N) is 6. The van der Waals surface area contributed by atoms with Crippen molar-refractivity contribution in [2.75, 3.05) is 38.3 Å². The number of piperidine rings is 1. The van der Waals surface area contributed by atoms with Crippen molar-refractivity contribution in [3.05, 3.63) is 69.9 Å². The van der Waals surface area contributed by atoms with E-state index in [-0.39, 0.29) is 42.6 Å². The highest BCUT2D eigenvalue weighted by molar-refractivity contribution is 6.74. The number of alkyl halides is 6. The van der Waals surface area contributed by atoms with Gasteiger partial charge in [-0.15, -0.1) is 0 Å². The van der Waals surface area contributed by atoms with E-state index in [0.717, 1.165) is 18.6 Å². The highest BCUT2D eigenvalue weighted by atomic mass is 28.4. The van der Waals surface area contributed by atoms with Gasteiger partial charge in [0.15, 0.2) is 19.6 Å². The van der Waals surface area contributed by atoms with Crippen LogP contribution in [-0.2, 0) is 32.9 Å². The molecule has 0 saturated carbocycles. The molecule has 2 aromatic heterocycles. The number of amides is 1. The number of aromatic nitrogens is 4. The summed E-state index contributed by atoms with van der Waals surface area (Å²) in [6, 6.07) is 6.06. The minimum absolute atomic E-state index is 0.122. The van der Waals surface area contributed by atoms with E-state index in [1.165, 1.54) is 14.0 Å². The summed E-state index contributed by atoms with van der Waals surface area (Å²) >= 11 is 0. The lowest BCUT2D eigenvalue weighted by Crippen LogP contribution is -2.60. The fourth-order valence-electron chi connectivity index (χ4n) is 6.25. The third kappa shape index (κ3) is 9.78. The average Bonchev–Trinajstić information content (AvgIpc) is 3.46. The van der Waals surface area contributed by atoms with Crippen molar-refractivity contribution in [3.8, 4) is 11.5 Å². The van der Waals surface area contributed by atoms with Crippen LogP contribution in [0.3, 0.4) is 0 Å². The highest BCUT2D eigenvalue weighted by Crippen LogP contribution is 2.40. The van der Waals surface area contributed by atoms with Gasteiger partial charge in [0, 0.05) is 38.4 Å². The molecular weight excluding hydrogens is 755 g/mol. The topological polar surface area (TPSA) is 121 Å². The summed E-state index contributed by atoms with van der Waals surface area (Å²) in [6.45, 7) is 12.3. The van der Waals surface area contributed by atoms with Crippen LogP contribution in [0.2, 0.25) is 18.1 Å². The van der Waals surface area contributed by atoms with Gasteiger partial charge in [-0.2, -0.15) is 31.4 Å². The molecule has 0 unspecified atom stereocenters. The molecule has 55 heavy (non-hydrogen) atoms. The molecule has 4 heterocycles. The van der Waals surface area contributed by atoms with Gasteiger partial charge in [0.1, 0.15) is 18.0 Å². The first-order chi connectivity index (χ1) is 25.6. The zero-order chi connectivity index (χ0) is 40.5. The number of hydrogen-bond acceptors (Lipinski definition) is 10. The first kappa shape index (κ1) is 41.9. The van der Waals surface area contributed by atoms with Crippen LogP contribution in [0, 0.1) is 0 Å². The third-order valence-electron chi connectivity index (χ3n) is 10.3. The average molecular weight is 801 g/mol. The molecular formula is C36H46F6N6O6Si. The maximum absolute atomic E-state index is 14.2. The molecule has 2 aliphatic rings. The summed E-state index contributed by atoms with van der Waals surface area (Å²) in [5, 5.41) is 3.73. The Kier molecular flexibility index (Phi) is 12.3. The number of carbonyl (C=O) groups is 1. The van der Waals surface area contributed by atoms with E-state index < -0.39 is 61.4 Å². The molecule has 0 spiro atoms. The molecule has 5 rings (SSSR count). The Morgan fingerprint density at radius 3 is 2.16 bits per heavy atom. The highest BCUT2D eigenvalue weighted by Gasteiger charge is 2.47. The number of likely N-dealkylation sites (tertiary alicyclic amines) is 1. The van der Waals surface area contributed by atoms with Crippen LogP contribution >= 0.6 is 0 Å². The lowest BCUT2D eigenvalue weighted by molar-refractivity contribution is -0.143. The number of hydrogen-bond donors (Lipinski definition) is 0. The molecule has 0 aliphatic carbocycles. The molecule has 2 saturated heterocycles. The second kappa shape index (κ2) is 16.1. The molecule has 302 valence electrons. The molecule has 0 bridgehead atoms. The molecule has 1 amide bonds. The van der Waals surface area contributed by atoms with E-state index in [1.807, 2.05) is 0 Å². The van der Waals surface area contributed by atoms with Crippen molar-refractivity contribution >= 4 is 20.2 Å². The summed E-state index contributed by atoms with van der Waals surface area (Å²) in [5.74, 6) is -0.411. The molecule has 0 N–H and O–H groups in total. The lowest BCUT2D eigenvalue weighted by atomic mass is 10.0. The van der Waals surface area contributed by atoms with E-state index in [0.29, 0.717) is 41.9 Å². The van der Waals surface area contributed by atoms with Crippen molar-refractivity contribution < 1.29 is 49.8 Å². The van der Waals surface area contributed by atoms with Gasteiger partial charge in [-0.05, 0) is 49.2 Å². The van der Waals surface area contributed by atoms with Crippen LogP contribution < -0.4 is 19.9 Å². The molecule has 2 fully saturated rings. The van der Waals surface area contributed by atoms with Crippen molar-refractivity contribution in [1.29, 1.82) is 0 Å². The van der Waals surface area contributed by atoms with Gasteiger partial charge in [-0.1, -0.05) is 32.9 Å². The van der Waals surface area contributed by atoms with Crippen LogP contribution in [0.4, 0.5) is 32.3 Å². The number of benzene rings is 1. The lowest BCUT2D eigenvalue weighted by Gasteiger charge is -2.47. The quantitative estimate of drug-likeness (QED) is 0.155. The molecule has 19 heteroatoms. The zero-order valence-corrected chi connectivity index (χ0v) is 32.7. The van der Waals surface area contributed by atoms with Gasteiger partial charge in [-0.25, -0.2) is 14.6 Å². The first-order valence-electron chi connectivity index (χ1n) is 17.8.